The van der Waals surface area contributed by atoms with Gasteiger partial charge in [0.15, 0.2) is 0 Å². The Bertz CT molecular complexity index is 957. The second kappa shape index (κ2) is 7.58. The van der Waals surface area contributed by atoms with Crippen molar-refractivity contribution in [3.05, 3.63) is 64.2 Å². The van der Waals surface area contributed by atoms with Crippen LogP contribution < -0.4 is 5.43 Å². The van der Waals surface area contributed by atoms with E-state index in [4.69, 9.17) is 0 Å². The molecule has 0 bridgehead atoms. The molecule has 28 heavy (non-hydrogen) atoms. The molecule has 0 spiro atoms. The highest BCUT2D eigenvalue weighted by molar-refractivity contribution is 6.49. The quantitative estimate of drug-likeness (QED) is 0.793. The lowest BCUT2D eigenvalue weighted by Crippen LogP contribution is -2.41. The van der Waals surface area contributed by atoms with Crippen LogP contribution in [0, 0.1) is 19.3 Å². The molecule has 5 nitrogen and oxygen atoms in total. The first-order valence-corrected chi connectivity index (χ1v) is 9.47. The normalized spacial score (nSPS) is 16.7. The van der Waals surface area contributed by atoms with Crippen molar-refractivity contribution in [1.29, 1.82) is 0 Å². The number of aryl methyl sites for hydroxylation is 3. The molecule has 3 rings (SSSR count). The second-order valence-corrected chi connectivity index (χ2v) is 8.17. The topological polar surface area (TPSA) is 78.8 Å². The summed E-state index contributed by atoms with van der Waals surface area (Å²) in [5, 5.41) is 13.5. The first-order valence-electron chi connectivity index (χ1n) is 9.47. The first-order chi connectivity index (χ1) is 13.2. The second-order valence-electron chi connectivity index (χ2n) is 8.17. The molecule has 5 heteroatoms. The number of phenolic OH excluding ortho intramolecular Hbond substituents is 1. The zero-order valence-electron chi connectivity index (χ0n) is 16.8. The molecule has 0 saturated carbocycles. The lowest BCUT2D eigenvalue weighted by atomic mass is 9.71. The van der Waals surface area contributed by atoms with Gasteiger partial charge in [-0.05, 0) is 55.5 Å². The maximum Gasteiger partial charge on any atom is 0.240 e. The molecule has 0 heterocycles. The molecular formula is C23H26N2O3. The van der Waals surface area contributed by atoms with Crippen LogP contribution in [0.25, 0.3) is 0 Å². The van der Waals surface area contributed by atoms with Crippen molar-refractivity contribution in [2.24, 2.45) is 10.5 Å². The van der Waals surface area contributed by atoms with Crippen molar-refractivity contribution in [2.45, 2.75) is 47.0 Å². The first kappa shape index (κ1) is 19.8. The number of carbonyl (C=O) groups is 2. The zero-order valence-corrected chi connectivity index (χ0v) is 16.8. The lowest BCUT2D eigenvalue weighted by Gasteiger charge is -2.32. The maximum atomic E-state index is 13.1. The Labute approximate surface area is 165 Å². The Morgan fingerprint density at radius 3 is 2.54 bits per heavy atom. The van der Waals surface area contributed by atoms with Crippen LogP contribution in [0.15, 0.2) is 41.5 Å². The Hall–Kier alpha value is -2.95. The molecule has 146 valence electrons. The molecule has 0 aromatic heterocycles. The molecule has 1 aliphatic rings. The van der Waals surface area contributed by atoms with E-state index in [0.717, 1.165) is 22.3 Å². The molecule has 2 aromatic rings. The minimum Gasteiger partial charge on any atom is -0.508 e. The fraction of sp³-hybridized carbons (Fsp3) is 0.348. The molecule has 0 aliphatic heterocycles. The summed E-state index contributed by atoms with van der Waals surface area (Å²) in [5.74, 6) is -0.151. The zero-order chi connectivity index (χ0) is 20.5. The van der Waals surface area contributed by atoms with E-state index in [0.29, 0.717) is 24.1 Å². The summed E-state index contributed by atoms with van der Waals surface area (Å²) in [6.45, 7) is 7.93. The van der Waals surface area contributed by atoms with Crippen molar-refractivity contribution in [2.75, 3.05) is 0 Å². The third-order valence-corrected chi connectivity index (χ3v) is 5.15. The molecule has 0 radical (unpaired) electrons. The predicted molar refractivity (Wildman–Crippen MR) is 110 cm³/mol. The van der Waals surface area contributed by atoms with Gasteiger partial charge in [0.05, 0.1) is 0 Å². The number of Topliss-reactive ketones (excluding diaryl/α,β-unsaturated/α-hetero) is 1. The van der Waals surface area contributed by atoms with Gasteiger partial charge in [-0.2, -0.15) is 5.10 Å². The van der Waals surface area contributed by atoms with Gasteiger partial charge in [0.25, 0.3) is 0 Å². The van der Waals surface area contributed by atoms with Gasteiger partial charge in [0.2, 0.25) is 11.7 Å². The molecule has 2 aromatic carbocycles. The van der Waals surface area contributed by atoms with E-state index in [9.17, 15) is 14.7 Å². The monoisotopic (exact) mass is 378 g/mol. The fourth-order valence-electron chi connectivity index (χ4n) is 3.80. The highest BCUT2D eigenvalue weighted by Gasteiger charge is 2.39. The number of carbonyl (C=O) groups excluding carboxylic acids is 2. The number of rotatable bonds is 4. The molecule has 0 atom stereocenters. The molecular weight excluding hydrogens is 352 g/mol. The summed E-state index contributed by atoms with van der Waals surface area (Å²) in [6.07, 6.45) is 1.50. The van der Waals surface area contributed by atoms with Crippen LogP contribution in [0.1, 0.15) is 52.9 Å². The third kappa shape index (κ3) is 4.14. The van der Waals surface area contributed by atoms with E-state index in [2.05, 4.69) is 16.6 Å². The van der Waals surface area contributed by atoms with Gasteiger partial charge < -0.3 is 5.11 Å². The fourth-order valence-corrected chi connectivity index (χ4v) is 3.80. The Balaban J connectivity index is 1.74. The SMILES string of the molecule is Cc1cc(C)c2c(c1)CC(C)(C)C(=NNC(=O)CCc1ccc(O)cc1)C2=O. The summed E-state index contributed by atoms with van der Waals surface area (Å²) < 4.78 is 0. The number of phenols is 1. The lowest BCUT2D eigenvalue weighted by molar-refractivity contribution is -0.121. The van der Waals surface area contributed by atoms with Gasteiger partial charge in [0.1, 0.15) is 11.5 Å². The van der Waals surface area contributed by atoms with Gasteiger partial charge in [-0.3, -0.25) is 9.59 Å². The third-order valence-electron chi connectivity index (χ3n) is 5.15. The van der Waals surface area contributed by atoms with Crippen molar-refractivity contribution in [3.8, 4) is 5.75 Å². The van der Waals surface area contributed by atoms with Gasteiger partial charge >= 0.3 is 0 Å². The number of hydrazone groups is 1. The number of nitrogens with zero attached hydrogens (tertiary/aromatic N) is 1. The summed E-state index contributed by atoms with van der Waals surface area (Å²) in [7, 11) is 0. The van der Waals surface area contributed by atoms with E-state index >= 15 is 0 Å². The van der Waals surface area contributed by atoms with Crippen LogP contribution in [0.3, 0.4) is 0 Å². The summed E-state index contributed by atoms with van der Waals surface area (Å²) in [5.41, 5.74) is 7.30. The van der Waals surface area contributed by atoms with Crippen molar-refractivity contribution in [1.82, 2.24) is 5.43 Å². The average molecular weight is 378 g/mol. The minimum atomic E-state index is -0.450. The Kier molecular flexibility index (Phi) is 5.36. The molecule has 2 N–H and O–H groups in total. The highest BCUT2D eigenvalue weighted by Crippen LogP contribution is 2.35. The van der Waals surface area contributed by atoms with E-state index in [-0.39, 0.29) is 23.9 Å². The molecule has 0 unspecified atom stereocenters. The van der Waals surface area contributed by atoms with Crippen LogP contribution in [-0.4, -0.2) is 22.5 Å². The number of benzene rings is 2. The van der Waals surface area contributed by atoms with Crippen LogP contribution in [-0.2, 0) is 17.6 Å². The smallest absolute Gasteiger partial charge is 0.240 e. The minimum absolute atomic E-state index is 0.109. The summed E-state index contributed by atoms with van der Waals surface area (Å²) in [6, 6.07) is 10.8. The standard InChI is InChI=1S/C23H26N2O3/c1-14-11-15(2)20-17(12-14)13-23(3,4)22(21(20)28)25-24-19(27)10-7-16-5-8-18(26)9-6-16/h5-6,8-9,11-12,26H,7,10,13H2,1-4H3,(H,24,27). The summed E-state index contributed by atoms with van der Waals surface area (Å²) >= 11 is 0. The Morgan fingerprint density at radius 2 is 1.86 bits per heavy atom. The predicted octanol–water partition coefficient (Wildman–Crippen LogP) is 3.88. The highest BCUT2D eigenvalue weighted by atomic mass is 16.3. The average Bonchev–Trinajstić information content (AvgIpc) is 2.59. The van der Waals surface area contributed by atoms with Gasteiger partial charge in [-0.15, -0.1) is 0 Å². The Morgan fingerprint density at radius 1 is 1.18 bits per heavy atom. The van der Waals surface area contributed by atoms with Crippen LogP contribution >= 0.6 is 0 Å². The number of fused-ring (bicyclic) bond motifs is 1. The number of amides is 1. The number of hydrogen-bond acceptors (Lipinski definition) is 4. The molecule has 0 fully saturated rings. The van der Waals surface area contributed by atoms with Crippen molar-refractivity contribution in [3.63, 3.8) is 0 Å². The van der Waals surface area contributed by atoms with E-state index < -0.39 is 5.41 Å². The van der Waals surface area contributed by atoms with Crippen molar-refractivity contribution >= 4 is 17.4 Å². The largest absolute Gasteiger partial charge is 0.508 e. The van der Waals surface area contributed by atoms with Crippen LogP contribution in [0.4, 0.5) is 0 Å². The van der Waals surface area contributed by atoms with E-state index in [1.807, 2.05) is 33.8 Å². The number of nitrogens with one attached hydrogen (secondary N) is 1. The van der Waals surface area contributed by atoms with Crippen LogP contribution in [0.5, 0.6) is 5.75 Å². The number of hydrogen-bond donors (Lipinski definition) is 2. The molecule has 1 amide bonds. The van der Waals surface area contributed by atoms with E-state index in [1.165, 1.54) is 0 Å². The molecule has 0 saturated heterocycles. The number of aromatic hydroxyl groups is 1. The van der Waals surface area contributed by atoms with E-state index in [1.54, 1.807) is 24.3 Å². The van der Waals surface area contributed by atoms with Gasteiger partial charge in [-0.25, -0.2) is 5.43 Å². The summed E-state index contributed by atoms with van der Waals surface area (Å²) in [4.78, 5) is 25.3. The van der Waals surface area contributed by atoms with Crippen molar-refractivity contribution < 1.29 is 14.7 Å². The molecule has 1 aliphatic carbocycles. The van der Waals surface area contributed by atoms with Gasteiger partial charge in [-0.1, -0.05) is 43.7 Å². The number of ketones is 1. The van der Waals surface area contributed by atoms with Gasteiger partial charge in [0, 0.05) is 17.4 Å². The maximum absolute atomic E-state index is 13.1. The van der Waals surface area contributed by atoms with Crippen LogP contribution in [0.2, 0.25) is 0 Å².